The molecule has 5 heteroatoms. The Hall–Kier alpha value is -2.92. The lowest BCUT2D eigenvalue weighted by molar-refractivity contribution is -0.0823. The molecule has 0 saturated carbocycles. The normalized spacial score (nSPS) is 10.4. The second kappa shape index (κ2) is 9.14. The minimum absolute atomic E-state index is 0.384. The largest absolute Gasteiger partial charge is 0.417 e. The zero-order valence-electron chi connectivity index (χ0n) is 14.4. The fourth-order valence-corrected chi connectivity index (χ4v) is 2.81. The Morgan fingerprint density at radius 2 is 1.26 bits per heavy atom. The Bertz CT molecular complexity index is 856. The molecule has 136 valence electrons. The Morgan fingerprint density at radius 3 is 1.74 bits per heavy atom. The summed E-state index contributed by atoms with van der Waals surface area (Å²) < 4.78 is 11.0. The average Bonchev–Trinajstić information content (AvgIpc) is 2.74. The van der Waals surface area contributed by atoms with E-state index in [0.29, 0.717) is 22.0 Å². The van der Waals surface area contributed by atoms with Gasteiger partial charge in [-0.15, -0.1) is 0 Å². The Balaban J connectivity index is 1.86. The van der Waals surface area contributed by atoms with Crippen molar-refractivity contribution in [1.29, 1.82) is 0 Å². The summed E-state index contributed by atoms with van der Waals surface area (Å²) in [5, 5.41) is 0.632. The number of rotatable bonds is 6. The smallest absolute Gasteiger partial charge is 0.341 e. The van der Waals surface area contributed by atoms with Crippen molar-refractivity contribution in [2.24, 2.45) is 0 Å². The Labute approximate surface area is 165 Å². The molecular formula is C22H17BrO4. The molecule has 0 aliphatic carbocycles. The predicted molar refractivity (Wildman–Crippen MR) is 106 cm³/mol. The number of ether oxygens (including phenoxy) is 2. The second-order valence-corrected chi connectivity index (χ2v) is 6.31. The van der Waals surface area contributed by atoms with Crippen LogP contribution < -0.4 is 0 Å². The van der Waals surface area contributed by atoms with Crippen molar-refractivity contribution in [2.45, 2.75) is 11.6 Å². The number of esters is 2. The van der Waals surface area contributed by atoms with Gasteiger partial charge in [0.05, 0.1) is 11.1 Å². The topological polar surface area (TPSA) is 52.6 Å². The van der Waals surface area contributed by atoms with E-state index in [1.165, 1.54) is 0 Å². The highest BCUT2D eigenvalue weighted by Crippen LogP contribution is 2.24. The summed E-state index contributed by atoms with van der Waals surface area (Å²) in [4.78, 5) is 25.0. The molecule has 0 fully saturated rings. The monoisotopic (exact) mass is 424 g/mol. The van der Waals surface area contributed by atoms with E-state index >= 15 is 0 Å². The number of carbonyl (C=O) groups excluding carboxylic acids is 2. The first-order valence-corrected chi connectivity index (χ1v) is 9.46. The molecule has 0 atom stereocenters. The third-order valence-corrected chi connectivity index (χ3v) is 4.47. The lowest BCUT2D eigenvalue weighted by Crippen LogP contribution is -2.18. The number of hydrogen-bond acceptors (Lipinski definition) is 4. The van der Waals surface area contributed by atoms with Crippen molar-refractivity contribution < 1.29 is 19.1 Å². The van der Waals surface area contributed by atoms with Gasteiger partial charge in [0.2, 0.25) is 0 Å². The molecule has 3 aromatic rings. The van der Waals surface area contributed by atoms with Gasteiger partial charge in [0.1, 0.15) is 0 Å². The molecule has 3 aromatic carbocycles. The van der Waals surface area contributed by atoms with Gasteiger partial charge in [0.15, 0.2) is 0 Å². The maximum Gasteiger partial charge on any atom is 0.341 e. The number of benzene rings is 3. The predicted octanol–water partition coefficient (Wildman–Crippen LogP) is 5.29. The van der Waals surface area contributed by atoms with E-state index in [1.807, 2.05) is 30.3 Å². The van der Waals surface area contributed by atoms with E-state index in [-0.39, 0.29) is 0 Å². The maximum absolute atomic E-state index is 12.5. The molecule has 3 rings (SSSR count). The van der Waals surface area contributed by atoms with Crippen molar-refractivity contribution in [3.63, 3.8) is 0 Å². The molecule has 27 heavy (non-hydrogen) atoms. The first-order chi connectivity index (χ1) is 13.2. The van der Waals surface area contributed by atoms with E-state index in [1.54, 1.807) is 54.6 Å². The van der Waals surface area contributed by atoms with Gasteiger partial charge >= 0.3 is 11.9 Å². The molecule has 0 N–H and O–H groups in total. The standard InChI is InChI=1S/C22H17BrO4/c23-15-16-8-7-13-19(14-16)22(26-20(24)17-9-3-1-4-10-17)27-21(25)18-11-5-2-6-12-18/h1-14,22H,15H2. The van der Waals surface area contributed by atoms with Crippen LogP contribution in [0.1, 0.15) is 38.1 Å². The van der Waals surface area contributed by atoms with Gasteiger partial charge in [-0.05, 0) is 35.9 Å². The minimum Gasteiger partial charge on any atom is -0.417 e. The van der Waals surface area contributed by atoms with Gasteiger partial charge in [-0.3, -0.25) is 0 Å². The van der Waals surface area contributed by atoms with Crippen molar-refractivity contribution in [2.75, 3.05) is 0 Å². The second-order valence-electron chi connectivity index (χ2n) is 5.75. The van der Waals surface area contributed by atoms with Crippen LogP contribution in [-0.2, 0) is 14.8 Å². The summed E-state index contributed by atoms with van der Waals surface area (Å²) in [5.74, 6) is -1.13. The van der Waals surface area contributed by atoms with Gasteiger partial charge < -0.3 is 9.47 Å². The van der Waals surface area contributed by atoms with Crippen molar-refractivity contribution in [1.82, 2.24) is 0 Å². The van der Waals surface area contributed by atoms with Gasteiger partial charge in [0, 0.05) is 10.9 Å². The Kier molecular flexibility index (Phi) is 6.39. The van der Waals surface area contributed by atoms with E-state index < -0.39 is 18.2 Å². The maximum atomic E-state index is 12.5. The fourth-order valence-electron chi connectivity index (χ4n) is 2.46. The number of alkyl halides is 1. The molecule has 0 aliphatic heterocycles. The van der Waals surface area contributed by atoms with E-state index in [4.69, 9.17) is 9.47 Å². The van der Waals surface area contributed by atoms with Gasteiger partial charge in [-0.25, -0.2) is 9.59 Å². The van der Waals surface area contributed by atoms with Crippen molar-refractivity contribution in [3.8, 4) is 0 Å². The summed E-state index contributed by atoms with van der Waals surface area (Å²) in [6, 6.07) is 24.5. The summed E-state index contributed by atoms with van der Waals surface area (Å²) in [6.45, 7) is 0. The quantitative estimate of drug-likeness (QED) is 0.306. The number of carbonyl (C=O) groups is 2. The molecule has 0 unspecified atom stereocenters. The molecular weight excluding hydrogens is 408 g/mol. The summed E-state index contributed by atoms with van der Waals surface area (Å²) >= 11 is 3.40. The summed E-state index contributed by atoms with van der Waals surface area (Å²) in [6.07, 6.45) is -1.15. The highest BCUT2D eigenvalue weighted by Gasteiger charge is 2.23. The van der Waals surface area contributed by atoms with E-state index in [2.05, 4.69) is 15.9 Å². The van der Waals surface area contributed by atoms with E-state index in [0.717, 1.165) is 5.56 Å². The average molecular weight is 425 g/mol. The molecule has 0 aliphatic rings. The van der Waals surface area contributed by atoms with Crippen molar-refractivity contribution in [3.05, 3.63) is 107 Å². The molecule has 4 nitrogen and oxygen atoms in total. The van der Waals surface area contributed by atoms with Crippen LogP contribution in [0.15, 0.2) is 84.9 Å². The molecule has 0 heterocycles. The lowest BCUT2D eigenvalue weighted by Gasteiger charge is -2.19. The first-order valence-electron chi connectivity index (χ1n) is 8.34. The van der Waals surface area contributed by atoms with Crippen LogP contribution in [-0.4, -0.2) is 11.9 Å². The van der Waals surface area contributed by atoms with Crippen LogP contribution in [0.25, 0.3) is 0 Å². The minimum atomic E-state index is -1.15. The van der Waals surface area contributed by atoms with Crippen LogP contribution in [0.5, 0.6) is 0 Å². The highest BCUT2D eigenvalue weighted by atomic mass is 79.9. The highest BCUT2D eigenvalue weighted by molar-refractivity contribution is 9.08. The Morgan fingerprint density at radius 1 is 0.741 bits per heavy atom. The zero-order chi connectivity index (χ0) is 19.1. The van der Waals surface area contributed by atoms with Gasteiger partial charge in [0.25, 0.3) is 6.29 Å². The first kappa shape index (κ1) is 18.9. The van der Waals surface area contributed by atoms with Crippen LogP contribution in [0.4, 0.5) is 0 Å². The van der Waals surface area contributed by atoms with Crippen molar-refractivity contribution >= 4 is 27.9 Å². The van der Waals surface area contributed by atoms with Crippen LogP contribution in [0.3, 0.4) is 0 Å². The van der Waals surface area contributed by atoms with Crippen LogP contribution >= 0.6 is 15.9 Å². The molecule has 0 spiro atoms. The lowest BCUT2D eigenvalue weighted by atomic mass is 10.1. The molecule has 0 amide bonds. The van der Waals surface area contributed by atoms with E-state index in [9.17, 15) is 9.59 Å². The SMILES string of the molecule is O=C(OC(OC(=O)c1ccccc1)c1cccc(CBr)c1)c1ccccc1. The molecule has 0 saturated heterocycles. The fraction of sp³-hybridized carbons (Fsp3) is 0.0909. The molecule has 0 radical (unpaired) electrons. The third kappa shape index (κ3) is 5.05. The zero-order valence-corrected chi connectivity index (χ0v) is 16.0. The van der Waals surface area contributed by atoms with Gasteiger partial charge in [-0.2, -0.15) is 0 Å². The molecule has 0 bridgehead atoms. The number of halogens is 1. The third-order valence-electron chi connectivity index (χ3n) is 3.82. The summed E-state index contributed by atoms with van der Waals surface area (Å²) in [7, 11) is 0. The van der Waals surface area contributed by atoms with Crippen LogP contribution in [0.2, 0.25) is 0 Å². The number of hydrogen-bond donors (Lipinski definition) is 0. The van der Waals surface area contributed by atoms with Crippen LogP contribution in [0, 0.1) is 0 Å². The summed E-state index contributed by atoms with van der Waals surface area (Å²) in [5.41, 5.74) is 2.33. The van der Waals surface area contributed by atoms with Gasteiger partial charge in [-0.1, -0.05) is 70.5 Å². The molecule has 0 aromatic heterocycles.